The number of aliphatic hydroxyl groups is 1. The molecule has 4 unspecified atom stereocenters. The Balaban J connectivity index is 1.79. The van der Waals surface area contributed by atoms with Crippen LogP contribution >= 0.6 is 0 Å². The Labute approximate surface area is 162 Å². The average Bonchev–Trinajstić information content (AvgIpc) is 2.60. The number of nitrogens with zero attached hydrogens (tertiary/aromatic N) is 2. The van der Waals surface area contributed by atoms with Crippen molar-refractivity contribution in [1.29, 1.82) is 0 Å². The average molecular weight is 365 g/mol. The van der Waals surface area contributed by atoms with Gasteiger partial charge < -0.3 is 14.1 Å². The molecule has 2 heterocycles. The van der Waals surface area contributed by atoms with Gasteiger partial charge in [0.25, 0.3) is 0 Å². The summed E-state index contributed by atoms with van der Waals surface area (Å²) in [5.41, 5.74) is 0. The van der Waals surface area contributed by atoms with E-state index in [1.807, 2.05) is 0 Å². The zero-order chi connectivity index (χ0) is 19.0. The van der Waals surface area contributed by atoms with E-state index >= 15 is 0 Å². The van der Waals surface area contributed by atoms with Crippen molar-refractivity contribution in [3.8, 4) is 0 Å². The molecule has 0 aromatic carbocycles. The summed E-state index contributed by atoms with van der Waals surface area (Å²) >= 11 is 0. The molecule has 2 rings (SSSR count). The molecule has 2 saturated heterocycles. The molecule has 0 saturated carbocycles. The summed E-state index contributed by atoms with van der Waals surface area (Å²) in [7, 11) is 4.77. The van der Waals surface area contributed by atoms with E-state index in [9.17, 15) is 5.11 Å². The van der Waals surface area contributed by atoms with E-state index in [1.165, 1.54) is 51.6 Å². The van der Waals surface area contributed by atoms with E-state index in [0.717, 1.165) is 47.7 Å². The SMILES string of the molecule is C=CC[N+]1(C)CCCCC1CCC(O)CCC1CCCC[N+]1(C)CC=C. The van der Waals surface area contributed by atoms with Crippen LogP contribution in [0.15, 0.2) is 25.3 Å². The van der Waals surface area contributed by atoms with Crippen LogP contribution in [0, 0.1) is 0 Å². The molecule has 0 aromatic heterocycles. The zero-order valence-corrected chi connectivity index (χ0v) is 17.5. The Morgan fingerprint density at radius 1 is 0.846 bits per heavy atom. The Hall–Kier alpha value is -0.640. The second kappa shape index (κ2) is 10.1. The summed E-state index contributed by atoms with van der Waals surface area (Å²) in [4.78, 5) is 0. The maximum atomic E-state index is 10.7. The lowest BCUT2D eigenvalue weighted by molar-refractivity contribution is -0.933. The molecular formula is C23H44N2O+2. The highest BCUT2D eigenvalue weighted by molar-refractivity contribution is 4.76. The van der Waals surface area contributed by atoms with Crippen LogP contribution in [0.25, 0.3) is 0 Å². The topological polar surface area (TPSA) is 20.2 Å². The minimum absolute atomic E-state index is 0.131. The van der Waals surface area contributed by atoms with E-state index in [2.05, 4.69) is 39.4 Å². The van der Waals surface area contributed by atoms with Crippen molar-refractivity contribution >= 4 is 0 Å². The second-order valence-electron chi connectivity index (χ2n) is 9.46. The van der Waals surface area contributed by atoms with E-state index in [0.29, 0.717) is 12.1 Å². The first-order chi connectivity index (χ1) is 12.4. The Morgan fingerprint density at radius 2 is 1.27 bits per heavy atom. The third-order valence-electron chi connectivity index (χ3n) is 7.43. The van der Waals surface area contributed by atoms with Gasteiger partial charge in [-0.3, -0.25) is 0 Å². The molecule has 26 heavy (non-hydrogen) atoms. The molecule has 2 aliphatic rings. The smallest absolute Gasteiger partial charge is 0.0971 e. The highest BCUT2D eigenvalue weighted by Gasteiger charge is 2.36. The number of likely N-dealkylation sites (tertiary alicyclic amines) is 2. The van der Waals surface area contributed by atoms with E-state index < -0.39 is 0 Å². The molecule has 0 bridgehead atoms. The van der Waals surface area contributed by atoms with Gasteiger partial charge in [-0.25, -0.2) is 0 Å². The molecule has 0 spiro atoms. The molecule has 4 atom stereocenters. The number of hydrogen-bond acceptors (Lipinski definition) is 1. The van der Waals surface area contributed by atoms with Crippen LogP contribution in [0.3, 0.4) is 0 Å². The largest absolute Gasteiger partial charge is 0.393 e. The van der Waals surface area contributed by atoms with Crippen molar-refractivity contribution in [2.75, 3.05) is 40.3 Å². The van der Waals surface area contributed by atoms with Gasteiger partial charge in [-0.15, -0.1) is 0 Å². The number of quaternary nitrogens is 2. The van der Waals surface area contributed by atoms with Gasteiger partial charge in [-0.05, 0) is 63.5 Å². The van der Waals surface area contributed by atoms with Crippen molar-refractivity contribution in [1.82, 2.24) is 0 Å². The van der Waals surface area contributed by atoms with Crippen LogP contribution in [-0.4, -0.2) is 72.5 Å². The zero-order valence-electron chi connectivity index (χ0n) is 17.5. The second-order valence-corrected chi connectivity index (χ2v) is 9.46. The quantitative estimate of drug-likeness (QED) is 0.453. The maximum absolute atomic E-state index is 10.7. The third-order valence-corrected chi connectivity index (χ3v) is 7.43. The number of piperidine rings is 2. The number of hydrogen-bond donors (Lipinski definition) is 1. The number of aliphatic hydroxyl groups excluding tert-OH is 1. The van der Waals surface area contributed by atoms with Crippen LogP contribution in [0.1, 0.15) is 64.2 Å². The van der Waals surface area contributed by atoms with Gasteiger partial charge in [-0.1, -0.05) is 13.2 Å². The van der Waals surface area contributed by atoms with Crippen LogP contribution < -0.4 is 0 Å². The van der Waals surface area contributed by atoms with Crippen molar-refractivity contribution in [3.63, 3.8) is 0 Å². The Morgan fingerprint density at radius 3 is 1.65 bits per heavy atom. The number of rotatable bonds is 10. The highest BCUT2D eigenvalue weighted by Crippen LogP contribution is 2.30. The molecule has 0 aromatic rings. The summed E-state index contributed by atoms with van der Waals surface area (Å²) in [6.45, 7) is 12.6. The molecular weight excluding hydrogens is 320 g/mol. The molecule has 3 nitrogen and oxygen atoms in total. The van der Waals surface area contributed by atoms with Gasteiger partial charge in [0.1, 0.15) is 0 Å². The monoisotopic (exact) mass is 364 g/mol. The maximum Gasteiger partial charge on any atom is 0.0971 e. The van der Waals surface area contributed by atoms with Crippen LogP contribution in [-0.2, 0) is 0 Å². The molecule has 0 radical (unpaired) electrons. The lowest BCUT2D eigenvalue weighted by Gasteiger charge is -2.45. The van der Waals surface area contributed by atoms with Crippen molar-refractivity contribution in [2.45, 2.75) is 82.4 Å². The van der Waals surface area contributed by atoms with Crippen LogP contribution in [0.2, 0.25) is 0 Å². The van der Waals surface area contributed by atoms with Gasteiger partial charge in [-0.2, -0.15) is 0 Å². The number of likely N-dealkylation sites (N-methyl/N-ethyl adjacent to an activating group) is 2. The molecule has 2 fully saturated rings. The van der Waals surface area contributed by atoms with Crippen LogP contribution in [0.5, 0.6) is 0 Å². The predicted octanol–water partition coefficient (Wildman–Crippen LogP) is 4.28. The fourth-order valence-electron chi connectivity index (χ4n) is 5.59. The van der Waals surface area contributed by atoms with Gasteiger partial charge in [0, 0.05) is 12.8 Å². The fourth-order valence-corrected chi connectivity index (χ4v) is 5.59. The van der Waals surface area contributed by atoms with E-state index in [1.54, 1.807) is 0 Å². The first-order valence-corrected chi connectivity index (χ1v) is 11.0. The minimum Gasteiger partial charge on any atom is -0.393 e. The molecule has 0 aliphatic carbocycles. The van der Waals surface area contributed by atoms with Crippen LogP contribution in [0.4, 0.5) is 0 Å². The molecule has 0 amide bonds. The summed E-state index contributed by atoms with van der Waals surface area (Å²) in [6, 6.07) is 1.40. The lowest BCUT2D eigenvalue weighted by Crippen LogP contribution is -2.55. The van der Waals surface area contributed by atoms with Gasteiger partial charge in [0.2, 0.25) is 0 Å². The minimum atomic E-state index is -0.131. The van der Waals surface area contributed by atoms with E-state index in [-0.39, 0.29) is 6.10 Å². The first kappa shape index (κ1) is 21.7. The standard InChI is InChI=1S/C23H44N2O/c1-5-17-24(3)19-9-7-11-21(24)13-15-23(26)16-14-22-12-8-10-20-25(22,4)18-6-2/h5-6,21-23,26H,1-2,7-20H2,3-4H3/q+2. The normalized spacial score (nSPS) is 36.4. The van der Waals surface area contributed by atoms with Crippen molar-refractivity contribution in [3.05, 3.63) is 25.3 Å². The Bertz CT molecular complexity index is 411. The first-order valence-electron chi connectivity index (χ1n) is 11.0. The van der Waals surface area contributed by atoms with Crippen molar-refractivity contribution in [2.24, 2.45) is 0 Å². The molecule has 150 valence electrons. The lowest BCUT2D eigenvalue weighted by atomic mass is 9.91. The fraction of sp³-hybridized carbons (Fsp3) is 0.826. The predicted molar refractivity (Wildman–Crippen MR) is 112 cm³/mol. The summed E-state index contributed by atoms with van der Waals surface area (Å²) in [5, 5.41) is 10.7. The Kier molecular flexibility index (Phi) is 8.38. The van der Waals surface area contributed by atoms with Crippen molar-refractivity contribution < 1.29 is 14.1 Å². The molecule has 1 N–H and O–H groups in total. The van der Waals surface area contributed by atoms with E-state index in [4.69, 9.17) is 0 Å². The summed E-state index contributed by atoms with van der Waals surface area (Å²) in [6.07, 6.45) is 16.3. The third kappa shape index (κ3) is 5.68. The molecule has 3 heteroatoms. The highest BCUT2D eigenvalue weighted by atomic mass is 16.3. The van der Waals surface area contributed by atoms with Gasteiger partial charge in [0.15, 0.2) is 0 Å². The summed E-state index contributed by atoms with van der Waals surface area (Å²) < 4.78 is 2.26. The molecule has 2 aliphatic heterocycles. The summed E-state index contributed by atoms with van der Waals surface area (Å²) in [5.74, 6) is 0. The van der Waals surface area contributed by atoms with Gasteiger partial charge >= 0.3 is 0 Å². The van der Waals surface area contributed by atoms with Gasteiger partial charge in [0.05, 0.1) is 58.5 Å².